The summed E-state index contributed by atoms with van der Waals surface area (Å²) in [6, 6.07) is 10.6. The zero-order chi connectivity index (χ0) is 17.1. The molecule has 0 bridgehead atoms. The summed E-state index contributed by atoms with van der Waals surface area (Å²) in [6.07, 6.45) is 0. The summed E-state index contributed by atoms with van der Waals surface area (Å²) < 4.78 is 5.93. The summed E-state index contributed by atoms with van der Waals surface area (Å²) in [4.78, 5) is 6.22. The van der Waals surface area contributed by atoms with Gasteiger partial charge in [-0.25, -0.2) is 0 Å². The van der Waals surface area contributed by atoms with E-state index in [4.69, 9.17) is 5.11 Å². The van der Waals surface area contributed by atoms with Crippen molar-refractivity contribution in [2.24, 2.45) is 0 Å². The number of aliphatic hydroxyl groups is 1. The van der Waals surface area contributed by atoms with Crippen LogP contribution in [0.1, 0.15) is 10.4 Å². The highest BCUT2D eigenvalue weighted by atomic mass is 32.1. The molecule has 1 aliphatic rings. The third-order valence-electron chi connectivity index (χ3n) is 4.38. The van der Waals surface area contributed by atoms with Crippen molar-refractivity contribution in [1.82, 2.24) is 9.27 Å². The van der Waals surface area contributed by atoms with Crippen LogP contribution in [0, 0.1) is 11.8 Å². The van der Waals surface area contributed by atoms with Crippen LogP contribution in [0.5, 0.6) is 0 Å². The van der Waals surface area contributed by atoms with Crippen molar-refractivity contribution in [2.75, 3.05) is 37.7 Å². The van der Waals surface area contributed by atoms with Crippen LogP contribution < -0.4 is 4.90 Å². The van der Waals surface area contributed by atoms with E-state index in [0.717, 1.165) is 44.1 Å². The Kier molecular flexibility index (Phi) is 4.99. The Balaban J connectivity index is 1.37. The Labute approximate surface area is 155 Å². The number of aromatic nitrogens is 1. The van der Waals surface area contributed by atoms with Crippen molar-refractivity contribution >= 4 is 38.8 Å². The van der Waals surface area contributed by atoms with Gasteiger partial charge in [0.25, 0.3) is 0 Å². The molecule has 1 fully saturated rings. The van der Waals surface area contributed by atoms with Crippen LogP contribution in [-0.4, -0.2) is 47.2 Å². The van der Waals surface area contributed by atoms with Gasteiger partial charge < -0.3 is 10.0 Å². The molecule has 25 heavy (non-hydrogen) atoms. The maximum absolute atomic E-state index is 8.78. The molecule has 0 saturated carbocycles. The zero-order valence-electron chi connectivity index (χ0n) is 13.8. The summed E-state index contributed by atoms with van der Waals surface area (Å²) in [5, 5.41) is 12.1. The van der Waals surface area contributed by atoms with Gasteiger partial charge in [-0.1, -0.05) is 24.0 Å². The van der Waals surface area contributed by atoms with Gasteiger partial charge in [-0.3, -0.25) is 4.90 Å². The molecule has 1 aromatic carbocycles. The molecule has 1 aliphatic heterocycles. The molecule has 0 spiro atoms. The van der Waals surface area contributed by atoms with Gasteiger partial charge in [0.05, 0.1) is 4.70 Å². The van der Waals surface area contributed by atoms with Crippen LogP contribution in [0.15, 0.2) is 35.7 Å². The van der Waals surface area contributed by atoms with Gasteiger partial charge in [-0.2, -0.15) is 4.37 Å². The van der Waals surface area contributed by atoms with Gasteiger partial charge in [0.15, 0.2) is 0 Å². The molecule has 0 atom stereocenters. The van der Waals surface area contributed by atoms with E-state index in [9.17, 15) is 0 Å². The van der Waals surface area contributed by atoms with E-state index < -0.39 is 0 Å². The van der Waals surface area contributed by atoms with E-state index in [2.05, 4.69) is 61.7 Å². The van der Waals surface area contributed by atoms with E-state index in [1.54, 1.807) is 22.9 Å². The van der Waals surface area contributed by atoms with Crippen LogP contribution >= 0.6 is 22.9 Å². The summed E-state index contributed by atoms with van der Waals surface area (Å²) in [7, 11) is 0. The molecule has 6 heteroatoms. The maximum atomic E-state index is 8.78. The van der Waals surface area contributed by atoms with Gasteiger partial charge in [-0.05, 0) is 29.7 Å². The van der Waals surface area contributed by atoms with Crippen LogP contribution in [0.4, 0.5) is 5.82 Å². The number of thiophene rings is 1. The SMILES string of the molecule is OCC#Cc1csc(CN2CCN(c3nsc4ccccc34)CC2)c1. The minimum absolute atomic E-state index is 0.0849. The fourth-order valence-electron chi connectivity index (χ4n) is 3.11. The predicted molar refractivity (Wildman–Crippen MR) is 105 cm³/mol. The number of anilines is 1. The average Bonchev–Trinajstić information content (AvgIpc) is 3.27. The lowest BCUT2D eigenvalue weighted by Crippen LogP contribution is -2.46. The molecule has 4 rings (SSSR count). The summed E-state index contributed by atoms with van der Waals surface area (Å²) >= 11 is 3.33. The highest BCUT2D eigenvalue weighted by Gasteiger charge is 2.21. The molecule has 0 radical (unpaired) electrons. The largest absolute Gasteiger partial charge is 0.384 e. The number of hydrogen-bond acceptors (Lipinski definition) is 6. The first-order valence-corrected chi connectivity index (χ1v) is 9.97. The third kappa shape index (κ3) is 3.70. The van der Waals surface area contributed by atoms with Gasteiger partial charge in [0.2, 0.25) is 0 Å². The molecule has 0 unspecified atom stereocenters. The second-order valence-corrected chi connectivity index (χ2v) is 7.83. The molecule has 128 valence electrons. The van der Waals surface area contributed by atoms with Gasteiger partial charge >= 0.3 is 0 Å². The average molecular weight is 370 g/mol. The Morgan fingerprint density at radius 3 is 2.84 bits per heavy atom. The Hall–Kier alpha value is -1.91. The van der Waals surface area contributed by atoms with E-state index >= 15 is 0 Å². The lowest BCUT2D eigenvalue weighted by Gasteiger charge is -2.34. The molecular weight excluding hydrogens is 350 g/mol. The van der Waals surface area contributed by atoms with Crippen LogP contribution in [-0.2, 0) is 6.54 Å². The standard InChI is InChI=1S/C19H19N3OS2/c23-11-3-4-15-12-16(24-14-15)13-21-7-9-22(10-8-21)19-17-5-1-2-6-18(17)25-20-19/h1-2,5-6,12,14,23H,7-11,13H2. The van der Waals surface area contributed by atoms with E-state index in [0.29, 0.717) is 0 Å². The van der Waals surface area contributed by atoms with Crippen molar-refractivity contribution in [3.63, 3.8) is 0 Å². The minimum atomic E-state index is -0.0849. The molecule has 3 aromatic rings. The summed E-state index contributed by atoms with van der Waals surface area (Å²) in [5.41, 5.74) is 1.00. The second kappa shape index (κ2) is 7.54. The maximum Gasteiger partial charge on any atom is 0.150 e. The zero-order valence-corrected chi connectivity index (χ0v) is 15.4. The van der Waals surface area contributed by atoms with E-state index in [1.165, 1.54) is 15.0 Å². The highest BCUT2D eigenvalue weighted by molar-refractivity contribution is 7.13. The van der Waals surface area contributed by atoms with Gasteiger partial charge in [0.1, 0.15) is 12.4 Å². The normalized spacial score (nSPS) is 15.3. The van der Waals surface area contributed by atoms with Crippen LogP contribution in [0.25, 0.3) is 10.1 Å². The lowest BCUT2D eigenvalue weighted by atomic mass is 10.2. The quantitative estimate of drug-likeness (QED) is 0.721. The molecular formula is C19H19N3OS2. The topological polar surface area (TPSA) is 39.6 Å². The van der Waals surface area contributed by atoms with Gasteiger partial charge in [-0.15, -0.1) is 11.3 Å². The lowest BCUT2D eigenvalue weighted by molar-refractivity contribution is 0.251. The number of benzene rings is 1. The molecule has 2 aromatic heterocycles. The van der Waals surface area contributed by atoms with E-state index in [-0.39, 0.29) is 6.61 Å². The number of piperazine rings is 1. The first-order valence-electron chi connectivity index (χ1n) is 8.32. The number of aliphatic hydroxyl groups excluding tert-OH is 1. The summed E-state index contributed by atoms with van der Waals surface area (Å²) in [6.45, 7) is 4.99. The van der Waals surface area contributed by atoms with Crippen molar-refractivity contribution in [3.8, 4) is 11.8 Å². The first kappa shape index (κ1) is 16.6. The second-order valence-electron chi connectivity index (χ2n) is 6.03. The van der Waals surface area contributed by atoms with Crippen LogP contribution in [0.2, 0.25) is 0 Å². The number of rotatable bonds is 3. The third-order valence-corrected chi connectivity index (χ3v) is 6.11. The van der Waals surface area contributed by atoms with E-state index in [1.807, 2.05) is 0 Å². The number of hydrogen-bond donors (Lipinski definition) is 1. The van der Waals surface area contributed by atoms with Crippen molar-refractivity contribution in [2.45, 2.75) is 6.54 Å². The molecule has 0 amide bonds. The highest BCUT2D eigenvalue weighted by Crippen LogP contribution is 2.30. The molecule has 0 aliphatic carbocycles. The van der Waals surface area contributed by atoms with Crippen molar-refractivity contribution in [3.05, 3.63) is 46.2 Å². The number of fused-ring (bicyclic) bond motifs is 1. The van der Waals surface area contributed by atoms with Crippen molar-refractivity contribution < 1.29 is 5.11 Å². The smallest absolute Gasteiger partial charge is 0.150 e. The number of nitrogens with zero attached hydrogens (tertiary/aromatic N) is 3. The molecule has 1 saturated heterocycles. The first-order chi connectivity index (χ1) is 12.3. The minimum Gasteiger partial charge on any atom is -0.384 e. The Bertz CT molecular complexity index is 913. The Morgan fingerprint density at radius 1 is 1.16 bits per heavy atom. The summed E-state index contributed by atoms with van der Waals surface area (Å²) in [5.74, 6) is 6.81. The molecule has 4 nitrogen and oxygen atoms in total. The Morgan fingerprint density at radius 2 is 2.00 bits per heavy atom. The fraction of sp³-hybridized carbons (Fsp3) is 0.316. The predicted octanol–water partition coefficient (Wildman–Crippen LogP) is 3.02. The molecule has 3 heterocycles. The monoisotopic (exact) mass is 369 g/mol. The van der Waals surface area contributed by atoms with Gasteiger partial charge in [0, 0.05) is 53.9 Å². The fourth-order valence-corrected chi connectivity index (χ4v) is 4.76. The van der Waals surface area contributed by atoms with Crippen molar-refractivity contribution in [1.29, 1.82) is 0 Å². The molecule has 1 N–H and O–H groups in total. The van der Waals surface area contributed by atoms with Crippen LogP contribution in [0.3, 0.4) is 0 Å².